The lowest BCUT2D eigenvalue weighted by Crippen LogP contribution is -2.37. The maximum absolute atomic E-state index is 8.11. The fraction of sp³-hybridized carbons (Fsp3) is 0.333. The van der Waals surface area contributed by atoms with E-state index in [9.17, 15) is 0 Å². The van der Waals surface area contributed by atoms with Gasteiger partial charge in [-0.05, 0) is 0 Å². The van der Waals surface area contributed by atoms with Crippen LogP contribution >= 0.6 is 0 Å². The monoisotopic (exact) mass is 111 g/mol. The minimum absolute atomic E-state index is 0.302. The number of nitrogens with one attached hydrogen (secondary N) is 2. The SMILES string of the molecule is N#CCN1C=NNN1. The van der Waals surface area contributed by atoms with Crippen LogP contribution in [0.15, 0.2) is 5.10 Å². The molecule has 2 N–H and O–H groups in total. The molecule has 5 nitrogen and oxygen atoms in total. The van der Waals surface area contributed by atoms with Crippen LogP contribution in [0.5, 0.6) is 0 Å². The Hall–Kier alpha value is -1.28. The Morgan fingerprint density at radius 2 is 2.75 bits per heavy atom. The maximum atomic E-state index is 8.11. The number of hydrogen-bond donors (Lipinski definition) is 2. The van der Waals surface area contributed by atoms with Crippen LogP contribution in [0.3, 0.4) is 0 Å². The van der Waals surface area contributed by atoms with E-state index in [0.717, 1.165) is 0 Å². The van der Waals surface area contributed by atoms with Gasteiger partial charge >= 0.3 is 0 Å². The fourth-order valence-corrected chi connectivity index (χ4v) is 0.377. The quantitative estimate of drug-likeness (QED) is 0.416. The van der Waals surface area contributed by atoms with Gasteiger partial charge in [-0.25, -0.2) is 5.53 Å². The molecule has 0 aromatic carbocycles. The molecule has 0 aliphatic carbocycles. The number of nitrogens with zero attached hydrogens (tertiary/aromatic N) is 3. The lowest BCUT2D eigenvalue weighted by Gasteiger charge is -2.05. The van der Waals surface area contributed by atoms with E-state index < -0.39 is 0 Å². The minimum atomic E-state index is 0.302. The van der Waals surface area contributed by atoms with Gasteiger partial charge in [0.05, 0.1) is 6.07 Å². The summed E-state index contributed by atoms with van der Waals surface area (Å²) in [5, 5.41) is 13.2. The molecule has 0 unspecified atom stereocenters. The molecule has 8 heavy (non-hydrogen) atoms. The van der Waals surface area contributed by atoms with Gasteiger partial charge in [-0.3, -0.25) is 5.01 Å². The first-order valence-corrected chi connectivity index (χ1v) is 2.11. The summed E-state index contributed by atoms with van der Waals surface area (Å²) in [6.07, 6.45) is 1.50. The van der Waals surface area contributed by atoms with E-state index in [0.29, 0.717) is 6.54 Å². The number of hydrogen-bond acceptors (Lipinski definition) is 5. The van der Waals surface area contributed by atoms with Crippen LogP contribution in [-0.2, 0) is 0 Å². The van der Waals surface area contributed by atoms with Gasteiger partial charge < -0.3 is 0 Å². The zero-order valence-electron chi connectivity index (χ0n) is 4.13. The molecular weight excluding hydrogens is 106 g/mol. The molecule has 0 fully saturated rings. The lowest BCUT2D eigenvalue weighted by atomic mass is 10.7. The highest BCUT2D eigenvalue weighted by molar-refractivity contribution is 5.55. The normalized spacial score (nSPS) is 15.6. The average molecular weight is 111 g/mol. The van der Waals surface area contributed by atoms with Crippen LogP contribution in [0.25, 0.3) is 0 Å². The third kappa shape index (κ3) is 0.859. The molecule has 0 bridgehead atoms. The van der Waals surface area contributed by atoms with E-state index in [4.69, 9.17) is 5.26 Å². The smallest absolute Gasteiger partial charge is 0.129 e. The van der Waals surface area contributed by atoms with Crippen LogP contribution in [0, 0.1) is 11.3 Å². The van der Waals surface area contributed by atoms with E-state index in [1.807, 2.05) is 6.07 Å². The molecule has 1 rings (SSSR count). The molecule has 0 radical (unpaired) electrons. The van der Waals surface area contributed by atoms with E-state index in [1.165, 1.54) is 11.3 Å². The van der Waals surface area contributed by atoms with Gasteiger partial charge in [0.15, 0.2) is 0 Å². The zero-order valence-corrected chi connectivity index (χ0v) is 4.13. The Kier molecular flexibility index (Phi) is 1.30. The number of hydrazone groups is 1. The molecule has 42 valence electrons. The number of rotatable bonds is 1. The van der Waals surface area contributed by atoms with Crippen LogP contribution in [0.4, 0.5) is 0 Å². The lowest BCUT2D eigenvalue weighted by molar-refractivity contribution is 0.330. The van der Waals surface area contributed by atoms with Crippen molar-refractivity contribution in [3.05, 3.63) is 0 Å². The first kappa shape index (κ1) is 4.87. The van der Waals surface area contributed by atoms with Crippen molar-refractivity contribution in [2.75, 3.05) is 6.54 Å². The van der Waals surface area contributed by atoms with E-state index >= 15 is 0 Å². The highest BCUT2D eigenvalue weighted by Gasteiger charge is 1.99. The van der Waals surface area contributed by atoms with Crippen LogP contribution in [-0.4, -0.2) is 17.9 Å². The van der Waals surface area contributed by atoms with E-state index in [1.54, 1.807) is 0 Å². The van der Waals surface area contributed by atoms with Crippen molar-refractivity contribution < 1.29 is 0 Å². The van der Waals surface area contributed by atoms with Crippen LogP contribution in [0.1, 0.15) is 0 Å². The number of hydrazine groups is 2. The summed E-state index contributed by atoms with van der Waals surface area (Å²) in [4.78, 5) is 0. The minimum Gasteiger partial charge on any atom is -0.263 e. The molecule has 0 aromatic heterocycles. The van der Waals surface area contributed by atoms with Crippen molar-refractivity contribution in [2.45, 2.75) is 0 Å². The predicted molar refractivity (Wildman–Crippen MR) is 27.1 cm³/mol. The summed E-state index contributed by atoms with van der Waals surface area (Å²) in [6.45, 7) is 0.302. The predicted octanol–water partition coefficient (Wildman–Crippen LogP) is -1.22. The van der Waals surface area contributed by atoms with E-state index in [-0.39, 0.29) is 0 Å². The second-order valence-corrected chi connectivity index (χ2v) is 1.25. The van der Waals surface area contributed by atoms with Crippen LogP contribution < -0.4 is 11.1 Å². The summed E-state index contributed by atoms with van der Waals surface area (Å²) >= 11 is 0. The highest BCUT2D eigenvalue weighted by Crippen LogP contribution is 1.76. The largest absolute Gasteiger partial charge is 0.263 e. The Bertz CT molecular complexity index is 133. The molecular formula is C3H5N5. The first-order chi connectivity index (χ1) is 3.93. The molecule has 0 saturated heterocycles. The van der Waals surface area contributed by atoms with Crippen molar-refractivity contribution in [3.63, 3.8) is 0 Å². The van der Waals surface area contributed by atoms with Crippen molar-refractivity contribution in [2.24, 2.45) is 5.10 Å². The van der Waals surface area contributed by atoms with Crippen molar-refractivity contribution in [1.82, 2.24) is 16.1 Å². The summed E-state index contributed by atoms with van der Waals surface area (Å²) in [6, 6.07) is 1.94. The molecule has 1 aliphatic rings. The second-order valence-electron chi connectivity index (χ2n) is 1.25. The summed E-state index contributed by atoms with van der Waals surface area (Å²) in [7, 11) is 0. The molecule has 0 aromatic rings. The molecule has 0 spiro atoms. The Balaban J connectivity index is 2.28. The van der Waals surface area contributed by atoms with Crippen molar-refractivity contribution >= 4 is 6.34 Å². The average Bonchev–Trinajstić information content (AvgIpc) is 2.19. The zero-order chi connectivity index (χ0) is 5.82. The van der Waals surface area contributed by atoms with E-state index in [2.05, 4.69) is 16.2 Å². The molecule has 5 heteroatoms. The summed E-state index contributed by atoms with van der Waals surface area (Å²) < 4.78 is 0. The molecule has 0 amide bonds. The Labute approximate surface area is 46.5 Å². The van der Waals surface area contributed by atoms with Gasteiger partial charge in [0.25, 0.3) is 0 Å². The third-order valence-corrected chi connectivity index (χ3v) is 0.696. The molecule has 1 heterocycles. The standard InChI is InChI=1S/C3H5N5/c4-1-2-8-3-5-6-7-8/h3,6-7H,2H2. The van der Waals surface area contributed by atoms with Gasteiger partial charge in [-0.2, -0.15) is 10.4 Å². The molecule has 1 aliphatic heterocycles. The van der Waals surface area contributed by atoms with Gasteiger partial charge in [0.2, 0.25) is 0 Å². The van der Waals surface area contributed by atoms with Crippen molar-refractivity contribution in [3.8, 4) is 6.07 Å². The highest BCUT2D eigenvalue weighted by atomic mass is 15.8. The molecule has 0 saturated carbocycles. The van der Waals surface area contributed by atoms with Gasteiger partial charge in [-0.1, -0.05) is 0 Å². The topological polar surface area (TPSA) is 63.5 Å². The fourth-order valence-electron chi connectivity index (χ4n) is 0.377. The van der Waals surface area contributed by atoms with Crippen molar-refractivity contribution in [1.29, 1.82) is 5.26 Å². The van der Waals surface area contributed by atoms with Gasteiger partial charge in [0.1, 0.15) is 12.9 Å². The summed E-state index contributed by atoms with van der Waals surface area (Å²) in [5.74, 6) is 0. The van der Waals surface area contributed by atoms with Crippen LogP contribution in [0.2, 0.25) is 0 Å². The maximum Gasteiger partial charge on any atom is 0.129 e. The third-order valence-electron chi connectivity index (χ3n) is 0.696. The Morgan fingerprint density at radius 3 is 3.25 bits per heavy atom. The first-order valence-electron chi connectivity index (χ1n) is 2.11. The van der Waals surface area contributed by atoms with Gasteiger partial charge in [-0.15, -0.1) is 5.53 Å². The summed E-state index contributed by atoms with van der Waals surface area (Å²) in [5.41, 5.74) is 5.05. The second kappa shape index (κ2) is 2.14. The Morgan fingerprint density at radius 1 is 1.88 bits per heavy atom. The number of nitriles is 1. The molecule has 0 atom stereocenters. The van der Waals surface area contributed by atoms with Gasteiger partial charge in [0, 0.05) is 0 Å².